The van der Waals surface area contributed by atoms with E-state index in [0.29, 0.717) is 0 Å². The molecule has 0 fully saturated rings. The Bertz CT molecular complexity index is 194. The summed E-state index contributed by atoms with van der Waals surface area (Å²) in [6.45, 7) is 5.38. The van der Waals surface area contributed by atoms with Crippen LogP contribution in [0, 0.1) is 5.92 Å². The van der Waals surface area contributed by atoms with Gasteiger partial charge in [-0.2, -0.15) is 0 Å². The Morgan fingerprint density at radius 2 is 2.00 bits per heavy atom. The van der Waals surface area contributed by atoms with Crippen LogP contribution in [0.3, 0.4) is 0 Å². The minimum atomic E-state index is -0.266. The van der Waals surface area contributed by atoms with Crippen LogP contribution in [-0.2, 0) is 24.3 Å². The third-order valence-corrected chi connectivity index (χ3v) is 3.89. The van der Waals surface area contributed by atoms with E-state index in [1.54, 1.807) is 6.92 Å². The Balaban J connectivity index is 3.85. The molecule has 2 N–H and O–H groups in total. The van der Waals surface area contributed by atoms with Crippen LogP contribution in [-0.4, -0.2) is 11.7 Å². The fourth-order valence-electron chi connectivity index (χ4n) is 0.673. The Morgan fingerprint density at radius 3 is 2.31 bits per heavy atom. The van der Waals surface area contributed by atoms with Crippen molar-refractivity contribution in [3.63, 3.8) is 0 Å². The van der Waals surface area contributed by atoms with E-state index in [1.165, 1.54) is 0 Å². The summed E-state index contributed by atoms with van der Waals surface area (Å²) in [6.07, 6.45) is 0.750. The summed E-state index contributed by atoms with van der Waals surface area (Å²) in [5, 5.41) is 0.729. The number of carbonyl (C=O) groups excluding carboxylic acids is 2. The molecule has 3 nitrogen and oxygen atoms in total. The van der Waals surface area contributed by atoms with Crippen LogP contribution in [0.2, 0.25) is 10.2 Å². The van der Waals surface area contributed by atoms with Gasteiger partial charge in [-0.15, -0.1) is 0 Å². The molecule has 2 unspecified atom stereocenters. The van der Waals surface area contributed by atoms with E-state index in [1.807, 2.05) is 13.8 Å². The van der Waals surface area contributed by atoms with Gasteiger partial charge in [-0.3, -0.25) is 0 Å². The van der Waals surface area contributed by atoms with Gasteiger partial charge in [0.05, 0.1) is 0 Å². The van der Waals surface area contributed by atoms with Crippen LogP contribution in [0.25, 0.3) is 0 Å². The van der Waals surface area contributed by atoms with Crippen LogP contribution in [0.15, 0.2) is 0 Å². The zero-order valence-corrected chi connectivity index (χ0v) is 9.34. The van der Waals surface area contributed by atoms with Crippen molar-refractivity contribution in [3.8, 4) is 0 Å². The molecule has 13 heavy (non-hydrogen) atoms. The molecule has 0 radical (unpaired) electrons. The average molecular weight is 230 g/mol. The summed E-state index contributed by atoms with van der Waals surface area (Å²) in [4.78, 5) is 21.6. The van der Waals surface area contributed by atoms with Crippen molar-refractivity contribution >= 4 is 11.7 Å². The molecule has 0 aliphatic rings. The number of hydrogen-bond donors (Lipinski definition) is 1. The second-order valence-corrected chi connectivity index (χ2v) is 4.61. The van der Waals surface area contributed by atoms with E-state index >= 15 is 0 Å². The Morgan fingerprint density at radius 1 is 1.46 bits per heavy atom. The van der Waals surface area contributed by atoms with Crippen molar-refractivity contribution in [3.05, 3.63) is 0 Å². The summed E-state index contributed by atoms with van der Waals surface area (Å²) in [5.74, 6) is -0.0578. The van der Waals surface area contributed by atoms with E-state index in [4.69, 9.17) is 5.73 Å². The number of Topliss-reactive ketones (excluding diaryl/α,β-unsaturated/α-hetero) is 1. The van der Waals surface area contributed by atoms with Crippen molar-refractivity contribution in [2.45, 2.75) is 37.4 Å². The maximum atomic E-state index is 10.9. The van der Waals surface area contributed by atoms with Gasteiger partial charge in [-0.1, -0.05) is 0 Å². The van der Waals surface area contributed by atoms with Gasteiger partial charge in [-0.25, -0.2) is 0 Å². The summed E-state index contributed by atoms with van der Waals surface area (Å²) >= 11 is 1.01. The summed E-state index contributed by atoms with van der Waals surface area (Å²) in [7, 11) is 0. The normalized spacial score (nSPS) is 15.3. The molecule has 2 atom stereocenters. The SMILES string of the molecule is CC[CH]([Co][CH2]C(C)C(C)=O)C(N)=O. The fraction of sp³-hybridized carbons (Fsp3) is 0.778. The molecule has 0 bridgehead atoms. The van der Waals surface area contributed by atoms with E-state index in [2.05, 4.69) is 0 Å². The molecule has 79 valence electrons. The number of primary amides is 1. The first-order valence-corrected chi connectivity index (χ1v) is 5.64. The predicted octanol–water partition coefficient (Wildman–Crippen LogP) is 1.40. The monoisotopic (exact) mass is 230 g/mol. The van der Waals surface area contributed by atoms with Gasteiger partial charge in [0.1, 0.15) is 0 Å². The Kier molecular flexibility index (Phi) is 5.99. The van der Waals surface area contributed by atoms with Gasteiger partial charge >= 0.3 is 85.0 Å². The molecule has 1 amide bonds. The second kappa shape index (κ2) is 6.15. The fourth-order valence-corrected chi connectivity index (χ4v) is 2.15. The molecule has 0 saturated heterocycles. The molecular weight excluding hydrogens is 213 g/mol. The van der Waals surface area contributed by atoms with Gasteiger partial charge in [0.2, 0.25) is 0 Å². The van der Waals surface area contributed by atoms with Crippen LogP contribution in [0.4, 0.5) is 0 Å². The first-order chi connectivity index (χ1) is 5.99. The molecule has 0 aliphatic heterocycles. The molecule has 0 aromatic rings. The zero-order valence-electron chi connectivity index (χ0n) is 8.30. The van der Waals surface area contributed by atoms with Crippen LogP contribution < -0.4 is 5.73 Å². The van der Waals surface area contributed by atoms with Crippen molar-refractivity contribution in [1.82, 2.24) is 0 Å². The van der Waals surface area contributed by atoms with Gasteiger partial charge in [0, 0.05) is 0 Å². The predicted molar refractivity (Wildman–Crippen MR) is 47.9 cm³/mol. The minimum absolute atomic E-state index is 0.0356. The first kappa shape index (κ1) is 12.6. The zero-order chi connectivity index (χ0) is 10.4. The van der Waals surface area contributed by atoms with Crippen LogP contribution in [0.1, 0.15) is 27.2 Å². The summed E-state index contributed by atoms with van der Waals surface area (Å²) < 4.78 is 0. The van der Waals surface area contributed by atoms with Crippen molar-refractivity contribution in [1.29, 1.82) is 0 Å². The number of nitrogens with two attached hydrogens (primary N) is 1. The summed E-state index contributed by atoms with van der Waals surface area (Å²) in [6, 6.07) is 0. The van der Waals surface area contributed by atoms with Crippen LogP contribution in [0.5, 0.6) is 0 Å². The molecular formula is C9H17CoNO2. The maximum absolute atomic E-state index is 10.9. The van der Waals surface area contributed by atoms with Gasteiger partial charge in [0.25, 0.3) is 0 Å². The third kappa shape index (κ3) is 5.05. The van der Waals surface area contributed by atoms with E-state index in [9.17, 15) is 9.59 Å². The molecule has 0 saturated carbocycles. The average Bonchev–Trinajstić information content (AvgIpc) is 2.04. The molecule has 0 spiro atoms. The molecule has 0 aliphatic carbocycles. The van der Waals surface area contributed by atoms with Gasteiger partial charge in [-0.05, 0) is 0 Å². The van der Waals surface area contributed by atoms with Gasteiger partial charge < -0.3 is 0 Å². The number of amides is 1. The molecule has 4 heteroatoms. The molecule has 0 aromatic heterocycles. The third-order valence-electron chi connectivity index (χ3n) is 1.78. The quantitative estimate of drug-likeness (QED) is 0.749. The number of rotatable bonds is 6. The Labute approximate surface area is 85.4 Å². The molecule has 0 heterocycles. The van der Waals surface area contributed by atoms with E-state index in [0.717, 1.165) is 26.5 Å². The van der Waals surface area contributed by atoms with Crippen molar-refractivity contribution in [2.75, 3.05) is 0 Å². The topological polar surface area (TPSA) is 60.2 Å². The second-order valence-electron chi connectivity index (χ2n) is 3.03. The van der Waals surface area contributed by atoms with Crippen LogP contribution >= 0.6 is 0 Å². The van der Waals surface area contributed by atoms with E-state index in [-0.39, 0.29) is 22.5 Å². The molecule has 0 rings (SSSR count). The van der Waals surface area contributed by atoms with E-state index < -0.39 is 0 Å². The van der Waals surface area contributed by atoms with Gasteiger partial charge in [0.15, 0.2) is 0 Å². The molecule has 0 aromatic carbocycles. The van der Waals surface area contributed by atoms with Crippen molar-refractivity contribution in [2.24, 2.45) is 11.7 Å². The first-order valence-electron chi connectivity index (χ1n) is 4.30. The number of ketones is 1. The summed E-state index contributed by atoms with van der Waals surface area (Å²) in [5.41, 5.74) is 5.18. The Hall–Kier alpha value is -0.354. The van der Waals surface area contributed by atoms with Crippen molar-refractivity contribution < 1.29 is 24.3 Å². The number of hydrogen-bond acceptors (Lipinski definition) is 2. The standard InChI is InChI=1S/C5H9O.C4H8NO.Co/c1-4(2)5(3)6;1-2-3-4(5)6;/h4H,1H2,2-3H3;3H,2H2,1H3,(H2,5,6);. The number of carbonyl (C=O) groups is 2.